The third kappa shape index (κ3) is 2.35. The molecule has 2 aromatic rings. The average Bonchev–Trinajstić information content (AvgIpc) is 3.02. The van der Waals surface area contributed by atoms with Gasteiger partial charge in [0.1, 0.15) is 6.10 Å². The lowest BCUT2D eigenvalue weighted by Gasteiger charge is -2.35. The van der Waals surface area contributed by atoms with Crippen molar-refractivity contribution in [1.82, 2.24) is 9.88 Å². The minimum atomic E-state index is -0.729. The zero-order chi connectivity index (χ0) is 16.1. The highest BCUT2D eigenvalue weighted by Gasteiger charge is 2.40. The van der Waals surface area contributed by atoms with E-state index < -0.39 is 11.5 Å². The third-order valence-electron chi connectivity index (χ3n) is 5.13. The second kappa shape index (κ2) is 5.35. The van der Waals surface area contributed by atoms with Gasteiger partial charge in [0.15, 0.2) is 11.3 Å². The van der Waals surface area contributed by atoms with Crippen LogP contribution in [0.15, 0.2) is 16.2 Å². The largest absolute Gasteiger partial charge is 0.505 e. The molecular weight excluding hydrogens is 316 g/mol. The summed E-state index contributed by atoms with van der Waals surface area (Å²) in [7, 11) is 2.11. The van der Waals surface area contributed by atoms with Gasteiger partial charge in [-0.25, -0.2) is 4.79 Å². The van der Waals surface area contributed by atoms with E-state index in [1.165, 1.54) is 11.3 Å². The SMILES string of the molecule is CN1[C@@H]2CC[C@H]1CC(OC(=O)c1c(O)c3sccc3[nH]c1=O)C2. The van der Waals surface area contributed by atoms with E-state index in [4.69, 9.17) is 4.74 Å². The maximum Gasteiger partial charge on any atom is 0.347 e. The number of nitrogens with zero attached hydrogens (tertiary/aromatic N) is 1. The van der Waals surface area contributed by atoms with Gasteiger partial charge in [0, 0.05) is 24.9 Å². The van der Waals surface area contributed by atoms with E-state index in [2.05, 4.69) is 16.9 Å². The molecule has 2 bridgehead atoms. The van der Waals surface area contributed by atoms with Gasteiger partial charge in [-0.3, -0.25) is 4.79 Å². The molecule has 1 unspecified atom stereocenters. The summed E-state index contributed by atoms with van der Waals surface area (Å²) in [6.07, 6.45) is 3.65. The Morgan fingerprint density at radius 1 is 1.39 bits per heavy atom. The number of aromatic hydroxyl groups is 1. The van der Waals surface area contributed by atoms with Gasteiger partial charge in [-0.05, 0) is 31.3 Å². The number of esters is 1. The van der Waals surface area contributed by atoms with E-state index in [1.807, 2.05) is 0 Å². The molecule has 0 aromatic carbocycles. The van der Waals surface area contributed by atoms with Crippen LogP contribution in [0.25, 0.3) is 10.2 Å². The standard InChI is InChI=1S/C16H18N2O4S/c1-18-8-2-3-9(18)7-10(6-8)22-16(21)12-13(19)14-11(4-5-23-14)17-15(12)20/h4-5,8-10H,2-3,6-7H2,1H3,(H2,17,19,20)/t8-,9+,10?. The summed E-state index contributed by atoms with van der Waals surface area (Å²) in [5.41, 5.74) is -0.355. The number of fused-ring (bicyclic) bond motifs is 3. The summed E-state index contributed by atoms with van der Waals surface area (Å²) in [6, 6.07) is 2.58. The molecule has 2 saturated heterocycles. The minimum absolute atomic E-state index is 0.186. The van der Waals surface area contributed by atoms with Gasteiger partial charge in [0.2, 0.25) is 0 Å². The van der Waals surface area contributed by atoms with Crippen molar-refractivity contribution in [3.63, 3.8) is 0 Å². The van der Waals surface area contributed by atoms with Gasteiger partial charge in [0.25, 0.3) is 5.56 Å². The Kier molecular flexibility index (Phi) is 3.42. The van der Waals surface area contributed by atoms with Crippen LogP contribution in [0, 0.1) is 0 Å². The van der Waals surface area contributed by atoms with Gasteiger partial charge in [0.05, 0.1) is 10.2 Å². The predicted molar refractivity (Wildman–Crippen MR) is 87.1 cm³/mol. The Morgan fingerprint density at radius 3 is 2.78 bits per heavy atom. The van der Waals surface area contributed by atoms with Crippen LogP contribution in [-0.4, -0.2) is 46.2 Å². The van der Waals surface area contributed by atoms with Gasteiger partial charge in [-0.1, -0.05) is 0 Å². The van der Waals surface area contributed by atoms with Gasteiger partial charge in [-0.2, -0.15) is 0 Å². The molecule has 2 aromatic heterocycles. The summed E-state index contributed by atoms with van der Waals surface area (Å²) in [6.45, 7) is 0. The lowest BCUT2D eigenvalue weighted by molar-refractivity contribution is -0.000802. The van der Waals surface area contributed by atoms with Crippen LogP contribution >= 0.6 is 11.3 Å². The van der Waals surface area contributed by atoms with Crippen molar-refractivity contribution in [3.05, 3.63) is 27.4 Å². The van der Waals surface area contributed by atoms with E-state index in [9.17, 15) is 14.7 Å². The van der Waals surface area contributed by atoms with E-state index in [-0.39, 0.29) is 17.4 Å². The molecule has 7 heteroatoms. The van der Waals surface area contributed by atoms with Crippen molar-refractivity contribution in [3.8, 4) is 5.75 Å². The van der Waals surface area contributed by atoms with E-state index in [0.717, 1.165) is 25.7 Å². The van der Waals surface area contributed by atoms with Crippen LogP contribution in [0.5, 0.6) is 5.75 Å². The second-order valence-corrected chi connectivity index (χ2v) is 7.31. The van der Waals surface area contributed by atoms with E-state index >= 15 is 0 Å². The number of carbonyl (C=O) groups excluding carboxylic acids is 1. The molecule has 2 N–H and O–H groups in total. The Balaban J connectivity index is 1.59. The quantitative estimate of drug-likeness (QED) is 0.822. The Hall–Kier alpha value is -1.86. The maximum absolute atomic E-state index is 12.4. The monoisotopic (exact) mass is 334 g/mol. The number of piperidine rings is 1. The Labute approximate surface area is 136 Å². The molecule has 0 spiro atoms. The fraction of sp³-hybridized carbons (Fsp3) is 0.500. The fourth-order valence-corrected chi connectivity index (χ4v) is 4.65. The van der Waals surface area contributed by atoms with Gasteiger partial charge >= 0.3 is 5.97 Å². The first-order valence-electron chi connectivity index (χ1n) is 7.80. The van der Waals surface area contributed by atoms with Crippen molar-refractivity contribution in [2.24, 2.45) is 0 Å². The molecule has 2 aliphatic heterocycles. The first kappa shape index (κ1) is 14.7. The van der Waals surface area contributed by atoms with Crippen LogP contribution in [-0.2, 0) is 4.74 Å². The highest BCUT2D eigenvalue weighted by molar-refractivity contribution is 7.17. The van der Waals surface area contributed by atoms with E-state index in [1.54, 1.807) is 11.4 Å². The van der Waals surface area contributed by atoms with Crippen LogP contribution < -0.4 is 5.56 Å². The van der Waals surface area contributed by atoms with Crippen LogP contribution in [0.1, 0.15) is 36.0 Å². The second-order valence-electron chi connectivity index (χ2n) is 6.39. The highest BCUT2D eigenvalue weighted by Crippen LogP contribution is 2.36. The number of hydrogen-bond acceptors (Lipinski definition) is 6. The normalized spacial score (nSPS) is 27.4. The first-order chi connectivity index (χ1) is 11.0. The zero-order valence-corrected chi connectivity index (χ0v) is 13.6. The van der Waals surface area contributed by atoms with Crippen molar-refractivity contribution < 1.29 is 14.6 Å². The number of H-pyrrole nitrogens is 1. The third-order valence-corrected chi connectivity index (χ3v) is 6.05. The highest BCUT2D eigenvalue weighted by atomic mass is 32.1. The molecule has 4 rings (SSSR count). The topological polar surface area (TPSA) is 82.6 Å². The molecule has 122 valence electrons. The lowest BCUT2D eigenvalue weighted by atomic mass is 10.0. The van der Waals surface area contributed by atoms with Crippen LogP contribution in [0.2, 0.25) is 0 Å². The molecule has 6 nitrogen and oxygen atoms in total. The number of nitrogens with one attached hydrogen (secondary N) is 1. The van der Waals surface area contributed by atoms with Crippen molar-refractivity contribution >= 4 is 27.5 Å². The number of ether oxygens (including phenoxy) is 1. The zero-order valence-electron chi connectivity index (χ0n) is 12.7. The van der Waals surface area contributed by atoms with Crippen LogP contribution in [0.4, 0.5) is 0 Å². The van der Waals surface area contributed by atoms with Crippen molar-refractivity contribution in [1.29, 1.82) is 0 Å². The molecule has 23 heavy (non-hydrogen) atoms. The Bertz CT molecular complexity index is 813. The predicted octanol–water partition coefficient (Wildman–Crippen LogP) is 2.08. The summed E-state index contributed by atoms with van der Waals surface area (Å²) in [4.78, 5) is 29.5. The molecule has 0 aliphatic carbocycles. The molecule has 4 heterocycles. The molecule has 2 aliphatic rings. The number of hydrogen-bond donors (Lipinski definition) is 2. The molecule has 0 saturated carbocycles. The number of pyridine rings is 1. The lowest BCUT2D eigenvalue weighted by Crippen LogP contribution is -2.43. The van der Waals surface area contributed by atoms with Gasteiger partial charge < -0.3 is 19.7 Å². The molecule has 2 fully saturated rings. The Morgan fingerprint density at radius 2 is 2.09 bits per heavy atom. The number of thiophene rings is 1. The number of aromatic amines is 1. The maximum atomic E-state index is 12.4. The number of carbonyl (C=O) groups is 1. The fourth-order valence-electron chi connectivity index (χ4n) is 3.85. The van der Waals surface area contributed by atoms with Crippen molar-refractivity contribution in [2.45, 2.75) is 43.9 Å². The minimum Gasteiger partial charge on any atom is -0.505 e. The molecule has 0 radical (unpaired) electrons. The molecular formula is C16H18N2O4S. The summed E-state index contributed by atoms with van der Waals surface area (Å²) in [5.74, 6) is -1.01. The average molecular weight is 334 g/mol. The number of aromatic nitrogens is 1. The van der Waals surface area contributed by atoms with Crippen molar-refractivity contribution in [2.75, 3.05) is 7.05 Å². The smallest absolute Gasteiger partial charge is 0.347 e. The summed E-state index contributed by atoms with van der Waals surface area (Å²) < 4.78 is 6.05. The molecule has 0 amide bonds. The van der Waals surface area contributed by atoms with Gasteiger partial charge in [-0.15, -0.1) is 11.3 Å². The number of rotatable bonds is 2. The molecule has 3 atom stereocenters. The van der Waals surface area contributed by atoms with Crippen LogP contribution in [0.3, 0.4) is 0 Å². The van der Waals surface area contributed by atoms with E-state index in [0.29, 0.717) is 22.3 Å². The first-order valence-corrected chi connectivity index (χ1v) is 8.68. The summed E-state index contributed by atoms with van der Waals surface area (Å²) in [5, 5.41) is 12.0. The summed E-state index contributed by atoms with van der Waals surface area (Å²) >= 11 is 1.28.